The fourth-order valence-corrected chi connectivity index (χ4v) is 10.7. The van der Waals surface area contributed by atoms with Gasteiger partial charge in [0.1, 0.15) is 24.6 Å². The van der Waals surface area contributed by atoms with Crippen molar-refractivity contribution < 1.29 is 57.9 Å². The molecule has 1 aliphatic carbocycles. The summed E-state index contributed by atoms with van der Waals surface area (Å²) in [5.41, 5.74) is 1.17. The summed E-state index contributed by atoms with van der Waals surface area (Å²) in [5.74, 6) is -7.95. The van der Waals surface area contributed by atoms with Crippen LogP contribution in [0.4, 0.5) is 0 Å². The summed E-state index contributed by atoms with van der Waals surface area (Å²) in [6, 6.07) is -1.22. The van der Waals surface area contributed by atoms with Gasteiger partial charge in [0.05, 0.1) is 30.5 Å². The number of carbonyl (C=O) groups is 5. The van der Waals surface area contributed by atoms with Crippen molar-refractivity contribution >= 4 is 29.2 Å². The molecule has 3 unspecified atom stereocenters. The van der Waals surface area contributed by atoms with E-state index >= 15 is 0 Å². The number of ether oxygens (including phenoxy) is 5. The number of hydrogen-bond acceptors (Lipinski definition) is 15. The van der Waals surface area contributed by atoms with Gasteiger partial charge < -0.3 is 38.8 Å². The van der Waals surface area contributed by atoms with Gasteiger partial charge in [-0.3, -0.25) is 19.2 Å². The molecule has 5 rings (SSSR count). The van der Waals surface area contributed by atoms with Gasteiger partial charge in [-0.15, -0.1) is 5.10 Å². The largest absolute Gasteiger partial charge is 0.460 e. The molecule has 17 heteroatoms. The third-order valence-corrected chi connectivity index (χ3v) is 15.1. The highest BCUT2D eigenvalue weighted by Gasteiger charge is 2.55. The predicted octanol–water partition coefficient (Wildman–Crippen LogP) is 6.05. The quantitative estimate of drug-likeness (QED) is 0.235. The molecule has 3 fully saturated rings. The Balaban J connectivity index is 1.49. The number of aliphatic hydroxyl groups excluding tert-OH is 1. The van der Waals surface area contributed by atoms with E-state index in [1.165, 1.54) is 12.0 Å². The summed E-state index contributed by atoms with van der Waals surface area (Å²) in [5, 5.41) is 35.4. The van der Waals surface area contributed by atoms with Gasteiger partial charge in [0.15, 0.2) is 11.6 Å². The highest BCUT2D eigenvalue weighted by Crippen LogP contribution is 2.39. The zero-order valence-corrected chi connectivity index (χ0v) is 42.5. The fourth-order valence-electron chi connectivity index (χ4n) is 10.7. The van der Waals surface area contributed by atoms with E-state index in [4.69, 9.17) is 23.7 Å². The molecule has 2 saturated heterocycles. The highest BCUT2D eigenvalue weighted by atomic mass is 16.6. The molecule has 2 bridgehead atoms. The van der Waals surface area contributed by atoms with E-state index in [0.717, 1.165) is 18.4 Å². The summed E-state index contributed by atoms with van der Waals surface area (Å²) in [4.78, 5) is 72.6. The van der Waals surface area contributed by atoms with E-state index in [-0.39, 0.29) is 67.3 Å². The molecule has 1 saturated carbocycles. The van der Waals surface area contributed by atoms with Gasteiger partial charge in [-0.25, -0.2) is 9.48 Å². The van der Waals surface area contributed by atoms with Crippen molar-refractivity contribution in [3.05, 3.63) is 53.9 Å². The number of piperidine rings is 1. The van der Waals surface area contributed by atoms with Crippen LogP contribution in [0.25, 0.3) is 0 Å². The second-order valence-electron chi connectivity index (χ2n) is 20.4. The first-order valence-corrected chi connectivity index (χ1v) is 25.0. The number of methoxy groups -OCH3 is 3. The molecule has 3 aliphatic heterocycles. The molecule has 1 aromatic heterocycles. The molecule has 2 N–H and O–H groups in total. The lowest BCUT2D eigenvalue weighted by Crippen LogP contribution is -2.62. The highest BCUT2D eigenvalue weighted by molar-refractivity contribution is 6.09. The topological polar surface area (TPSA) is 219 Å². The number of tetrazole rings is 1. The minimum absolute atomic E-state index is 0.0151. The van der Waals surface area contributed by atoms with E-state index < -0.39 is 77.8 Å². The Morgan fingerprint density at radius 1 is 0.884 bits per heavy atom. The van der Waals surface area contributed by atoms with E-state index in [9.17, 15) is 34.2 Å². The monoisotopic (exact) mass is 966 g/mol. The SMILES string of the molecule is CO[C@H]1C[C@@H]2CC[C@@H](C)C(=O)C(O)(O2)C(=O)N2CCCC[C@H]2C(=O)O[C@H]([C@H](C)C[C@@H]2CCC(n3cnnn3)[C@H](OC)C2)CC(=O)C(C)=CC(C)[C@@H](O)[C@@H](OC)C(=O)[C@H](C)C[C@H](C)C=CC=CC=C1C. The zero-order chi connectivity index (χ0) is 50.6. The van der Waals surface area contributed by atoms with E-state index in [1.54, 1.807) is 52.1 Å². The van der Waals surface area contributed by atoms with Crippen LogP contribution in [0, 0.1) is 35.5 Å². The van der Waals surface area contributed by atoms with E-state index in [2.05, 4.69) is 15.5 Å². The smallest absolute Gasteiger partial charge is 0.329 e. The predicted molar refractivity (Wildman–Crippen MR) is 256 cm³/mol. The molecule has 15 atom stereocenters. The molecular formula is C52H79N5O12. The summed E-state index contributed by atoms with van der Waals surface area (Å²) in [6.07, 6.45) is 13.4. The standard InChI is InChI=1S/C52H79N5O12/c1-31-16-12-11-13-17-32(2)43(65-8)28-39-21-19-33(3)49(61)52(64,69-39)51(63)56-23-15-14-18-41(56)50(62)68-44(35(5)26-38-20-22-40(45(27-38)66-9)57-30-53-54-55-57)29-42(58)34(4)25-37(7)47(60)48(67-10)46(59)36(6)24-31/h11-13,16-17,25,30-31,33,35-41,43-45,47-48,60,64H,14-15,18-24,26-29H2,1-10H3/t31-,33-,35-,36-,37?,38+,39+,40?,41+,43+,44+,45-,47-,48+,52?/m1/s1. The number of ketones is 3. The molecule has 0 spiro atoms. The van der Waals surface area contributed by atoms with Gasteiger partial charge in [-0.2, -0.15) is 0 Å². The van der Waals surface area contributed by atoms with Crippen LogP contribution in [-0.4, -0.2) is 141 Å². The number of amides is 1. The number of nitrogens with zero attached hydrogens (tertiary/aromatic N) is 5. The molecule has 384 valence electrons. The van der Waals surface area contributed by atoms with Gasteiger partial charge in [-0.1, -0.05) is 71.1 Å². The number of cyclic esters (lactones) is 1. The van der Waals surface area contributed by atoms with Crippen molar-refractivity contribution in [2.75, 3.05) is 27.9 Å². The van der Waals surface area contributed by atoms with Crippen LogP contribution >= 0.6 is 0 Å². The van der Waals surface area contributed by atoms with Crippen LogP contribution in [0.3, 0.4) is 0 Å². The number of aliphatic hydroxyl groups is 2. The molecular weight excluding hydrogens is 887 g/mol. The summed E-state index contributed by atoms with van der Waals surface area (Å²) in [7, 11) is 4.61. The Morgan fingerprint density at radius 3 is 2.32 bits per heavy atom. The van der Waals surface area contributed by atoms with E-state index in [0.29, 0.717) is 50.5 Å². The van der Waals surface area contributed by atoms with Crippen LogP contribution in [0.5, 0.6) is 0 Å². The van der Waals surface area contributed by atoms with Gasteiger partial charge in [0, 0.05) is 58.5 Å². The normalized spacial score (nSPS) is 36.3. The van der Waals surface area contributed by atoms with Crippen molar-refractivity contribution in [3.8, 4) is 0 Å². The third kappa shape index (κ3) is 14.2. The Bertz CT molecular complexity index is 2020. The number of rotatable bonds is 7. The lowest BCUT2D eigenvalue weighted by atomic mass is 9.77. The molecule has 69 heavy (non-hydrogen) atoms. The van der Waals surface area contributed by atoms with Gasteiger partial charge >= 0.3 is 11.8 Å². The van der Waals surface area contributed by atoms with Gasteiger partial charge in [0.25, 0.3) is 5.91 Å². The molecule has 4 aliphatic rings. The van der Waals surface area contributed by atoms with Crippen molar-refractivity contribution in [2.45, 2.75) is 180 Å². The number of hydrogen-bond donors (Lipinski definition) is 2. The van der Waals surface area contributed by atoms with Crippen molar-refractivity contribution in [1.29, 1.82) is 0 Å². The molecule has 1 aromatic rings. The second kappa shape index (κ2) is 25.7. The van der Waals surface area contributed by atoms with Crippen molar-refractivity contribution in [3.63, 3.8) is 0 Å². The number of carbonyl (C=O) groups excluding carboxylic acids is 5. The van der Waals surface area contributed by atoms with Crippen molar-refractivity contribution in [2.24, 2.45) is 35.5 Å². The maximum atomic E-state index is 14.7. The fraction of sp³-hybridized carbons (Fsp3) is 0.731. The van der Waals surface area contributed by atoms with Gasteiger partial charge in [-0.05, 0) is 117 Å². The average molecular weight is 966 g/mol. The zero-order valence-electron chi connectivity index (χ0n) is 42.5. The second-order valence-corrected chi connectivity index (χ2v) is 20.4. The minimum Gasteiger partial charge on any atom is -0.460 e. The maximum Gasteiger partial charge on any atom is 0.329 e. The van der Waals surface area contributed by atoms with Crippen LogP contribution in [0.2, 0.25) is 0 Å². The Morgan fingerprint density at radius 2 is 1.64 bits per heavy atom. The molecule has 4 heterocycles. The third-order valence-electron chi connectivity index (χ3n) is 15.1. The van der Waals surface area contributed by atoms with Crippen LogP contribution in [-0.2, 0) is 47.7 Å². The molecule has 0 aromatic carbocycles. The first kappa shape index (κ1) is 55.7. The summed E-state index contributed by atoms with van der Waals surface area (Å²) >= 11 is 0. The average Bonchev–Trinajstić information content (AvgIpc) is 3.85. The Kier molecular flexibility index (Phi) is 20.8. The van der Waals surface area contributed by atoms with Crippen LogP contribution in [0.15, 0.2) is 53.9 Å². The Hall–Kier alpha value is -4.26. The van der Waals surface area contributed by atoms with Gasteiger partial charge in [0.2, 0.25) is 5.78 Å². The van der Waals surface area contributed by atoms with Crippen LogP contribution < -0.4 is 0 Å². The first-order chi connectivity index (χ1) is 32.8. The number of esters is 1. The maximum absolute atomic E-state index is 14.7. The summed E-state index contributed by atoms with van der Waals surface area (Å²) in [6.45, 7) is 12.8. The molecule has 1 amide bonds. The first-order valence-electron chi connectivity index (χ1n) is 25.0. The van der Waals surface area contributed by atoms with E-state index in [1.807, 2.05) is 58.1 Å². The number of aromatic nitrogens is 4. The molecule has 0 radical (unpaired) electrons. The Labute approximate surface area is 408 Å². The number of fused-ring (bicyclic) bond motifs is 3. The lowest BCUT2D eigenvalue weighted by Gasteiger charge is -2.40. The summed E-state index contributed by atoms with van der Waals surface area (Å²) < 4.78 is 31.7. The van der Waals surface area contributed by atoms with Crippen molar-refractivity contribution in [1.82, 2.24) is 25.1 Å². The number of allylic oxidation sites excluding steroid dienone is 6. The number of Topliss-reactive ketones (excluding diaryl/α,β-unsaturated/α-hetero) is 3. The van der Waals surface area contributed by atoms with Crippen LogP contribution in [0.1, 0.15) is 132 Å². The lowest BCUT2D eigenvalue weighted by molar-refractivity contribution is -0.231. The molecule has 17 nitrogen and oxygen atoms in total. The minimum atomic E-state index is -2.86.